The molecule has 168 valence electrons. The van der Waals surface area contributed by atoms with Crippen molar-refractivity contribution in [1.82, 2.24) is 15.1 Å². The lowest BCUT2D eigenvalue weighted by Crippen LogP contribution is -2.52. The van der Waals surface area contributed by atoms with Crippen LogP contribution in [0.15, 0.2) is 54.6 Å². The van der Waals surface area contributed by atoms with Crippen LogP contribution in [0.3, 0.4) is 0 Å². The smallest absolute Gasteiger partial charge is 0.254 e. The van der Waals surface area contributed by atoms with Gasteiger partial charge in [0.2, 0.25) is 11.8 Å². The van der Waals surface area contributed by atoms with Crippen LogP contribution in [0.4, 0.5) is 0 Å². The van der Waals surface area contributed by atoms with Gasteiger partial charge in [0.05, 0.1) is 7.11 Å². The molecule has 2 saturated heterocycles. The van der Waals surface area contributed by atoms with Crippen LogP contribution in [-0.2, 0) is 16.1 Å². The summed E-state index contributed by atoms with van der Waals surface area (Å²) in [5.74, 6) is 0.335. The van der Waals surface area contributed by atoms with E-state index >= 15 is 0 Å². The number of amides is 3. The predicted octanol–water partition coefficient (Wildman–Crippen LogP) is 2.61. The highest BCUT2D eigenvalue weighted by Crippen LogP contribution is 2.26. The van der Waals surface area contributed by atoms with Gasteiger partial charge in [-0.1, -0.05) is 30.3 Å². The minimum absolute atomic E-state index is 0.120. The first-order chi connectivity index (χ1) is 15.6. The number of nitrogens with zero attached hydrogens (tertiary/aromatic N) is 2. The van der Waals surface area contributed by atoms with E-state index in [0.29, 0.717) is 38.0 Å². The van der Waals surface area contributed by atoms with Gasteiger partial charge >= 0.3 is 0 Å². The summed E-state index contributed by atoms with van der Waals surface area (Å²) in [5.41, 5.74) is 1.52. The van der Waals surface area contributed by atoms with Crippen molar-refractivity contribution in [3.8, 4) is 5.75 Å². The zero-order chi connectivity index (χ0) is 22.5. The second-order valence-corrected chi connectivity index (χ2v) is 8.28. The SMILES string of the molecule is COc1cccc(CNC(=O)[C@@H]2CCCN2C(=O)[C@@H]2CCCN2C(=O)c2ccccc2)c1. The number of rotatable bonds is 6. The molecule has 2 aliphatic heterocycles. The number of nitrogens with one attached hydrogen (secondary N) is 1. The van der Waals surface area contributed by atoms with E-state index in [1.165, 1.54) is 0 Å². The number of methoxy groups -OCH3 is 1. The van der Waals surface area contributed by atoms with Gasteiger partial charge in [0, 0.05) is 25.2 Å². The third-order valence-corrected chi connectivity index (χ3v) is 6.26. The number of hydrogen-bond donors (Lipinski definition) is 1. The van der Waals surface area contributed by atoms with Crippen LogP contribution in [0.25, 0.3) is 0 Å². The third-order valence-electron chi connectivity index (χ3n) is 6.26. The number of hydrogen-bond acceptors (Lipinski definition) is 4. The zero-order valence-electron chi connectivity index (χ0n) is 18.3. The van der Waals surface area contributed by atoms with Crippen molar-refractivity contribution in [3.05, 3.63) is 65.7 Å². The lowest BCUT2D eigenvalue weighted by Gasteiger charge is -2.31. The fourth-order valence-electron chi connectivity index (χ4n) is 4.60. The highest BCUT2D eigenvalue weighted by molar-refractivity contribution is 5.99. The number of likely N-dealkylation sites (tertiary alicyclic amines) is 2. The van der Waals surface area contributed by atoms with E-state index < -0.39 is 12.1 Å². The Bertz CT molecular complexity index is 978. The number of benzene rings is 2. The second kappa shape index (κ2) is 9.85. The van der Waals surface area contributed by atoms with E-state index in [1.54, 1.807) is 29.0 Å². The van der Waals surface area contributed by atoms with Crippen LogP contribution in [0.2, 0.25) is 0 Å². The van der Waals surface area contributed by atoms with Gasteiger partial charge in [-0.2, -0.15) is 0 Å². The van der Waals surface area contributed by atoms with Crippen LogP contribution < -0.4 is 10.1 Å². The Kier molecular flexibility index (Phi) is 6.73. The van der Waals surface area contributed by atoms with E-state index in [-0.39, 0.29) is 17.7 Å². The van der Waals surface area contributed by atoms with Crippen molar-refractivity contribution in [2.24, 2.45) is 0 Å². The maximum Gasteiger partial charge on any atom is 0.254 e. The summed E-state index contributed by atoms with van der Waals surface area (Å²) < 4.78 is 5.23. The molecule has 2 aromatic carbocycles. The summed E-state index contributed by atoms with van der Waals surface area (Å²) in [6, 6.07) is 15.6. The lowest BCUT2D eigenvalue weighted by molar-refractivity contribution is -0.141. The van der Waals surface area contributed by atoms with Gasteiger partial charge in [0.15, 0.2) is 0 Å². The summed E-state index contributed by atoms with van der Waals surface area (Å²) >= 11 is 0. The molecule has 2 heterocycles. The van der Waals surface area contributed by atoms with Gasteiger partial charge in [-0.3, -0.25) is 14.4 Å². The molecule has 7 nitrogen and oxygen atoms in total. The monoisotopic (exact) mass is 435 g/mol. The van der Waals surface area contributed by atoms with Gasteiger partial charge in [-0.15, -0.1) is 0 Å². The molecule has 0 saturated carbocycles. The molecule has 0 aromatic heterocycles. The summed E-state index contributed by atoms with van der Waals surface area (Å²) in [7, 11) is 1.61. The Balaban J connectivity index is 1.41. The van der Waals surface area contributed by atoms with E-state index in [2.05, 4.69) is 5.32 Å². The van der Waals surface area contributed by atoms with Gasteiger partial charge in [-0.05, 0) is 55.5 Å². The first kappa shape index (κ1) is 21.9. The molecule has 2 aromatic rings. The average molecular weight is 436 g/mol. The average Bonchev–Trinajstić information content (AvgIpc) is 3.52. The van der Waals surface area contributed by atoms with Crippen molar-refractivity contribution in [3.63, 3.8) is 0 Å². The van der Waals surface area contributed by atoms with Crippen LogP contribution in [-0.4, -0.2) is 59.8 Å². The Morgan fingerprint density at radius 1 is 0.938 bits per heavy atom. The summed E-state index contributed by atoms with van der Waals surface area (Å²) in [5, 5.41) is 2.96. The fraction of sp³-hybridized carbons (Fsp3) is 0.400. The van der Waals surface area contributed by atoms with Crippen molar-refractivity contribution < 1.29 is 19.1 Å². The van der Waals surface area contributed by atoms with Crippen molar-refractivity contribution in [2.45, 2.75) is 44.3 Å². The molecule has 2 atom stereocenters. The second-order valence-electron chi connectivity index (χ2n) is 8.28. The van der Waals surface area contributed by atoms with Crippen LogP contribution >= 0.6 is 0 Å². The Hall–Kier alpha value is -3.35. The summed E-state index contributed by atoms with van der Waals surface area (Å²) in [6.45, 7) is 1.47. The zero-order valence-corrected chi connectivity index (χ0v) is 18.3. The van der Waals surface area contributed by atoms with Crippen LogP contribution in [0.1, 0.15) is 41.6 Å². The van der Waals surface area contributed by atoms with Crippen molar-refractivity contribution in [1.29, 1.82) is 0 Å². The molecule has 0 spiro atoms. The fourth-order valence-corrected chi connectivity index (χ4v) is 4.60. The molecule has 0 radical (unpaired) electrons. The molecular formula is C25H29N3O4. The van der Waals surface area contributed by atoms with Crippen molar-refractivity contribution in [2.75, 3.05) is 20.2 Å². The topological polar surface area (TPSA) is 79.0 Å². The Morgan fingerprint density at radius 3 is 2.41 bits per heavy atom. The standard InChI is InChI=1S/C25H29N3O4/c1-32-20-11-5-8-18(16-20)17-26-23(29)21-12-6-14-27(21)25(31)22-13-7-15-28(22)24(30)19-9-3-2-4-10-19/h2-5,8-11,16,21-22H,6-7,12-15,17H2,1H3,(H,26,29)/t21-,22-/m0/s1. The molecule has 32 heavy (non-hydrogen) atoms. The first-order valence-electron chi connectivity index (χ1n) is 11.2. The van der Waals surface area contributed by atoms with Crippen LogP contribution in [0, 0.1) is 0 Å². The van der Waals surface area contributed by atoms with E-state index in [4.69, 9.17) is 4.74 Å². The molecule has 0 unspecified atom stereocenters. The number of carbonyl (C=O) groups excluding carboxylic acids is 3. The molecule has 0 bridgehead atoms. The quantitative estimate of drug-likeness (QED) is 0.757. The van der Waals surface area contributed by atoms with E-state index in [9.17, 15) is 14.4 Å². The van der Waals surface area contributed by atoms with E-state index in [1.807, 2.05) is 42.5 Å². The minimum Gasteiger partial charge on any atom is -0.497 e. The normalized spacial score (nSPS) is 20.3. The maximum atomic E-state index is 13.4. The van der Waals surface area contributed by atoms with Gasteiger partial charge < -0.3 is 19.9 Å². The maximum absolute atomic E-state index is 13.4. The predicted molar refractivity (Wildman–Crippen MR) is 120 cm³/mol. The van der Waals surface area contributed by atoms with Gasteiger partial charge in [0.25, 0.3) is 5.91 Å². The minimum atomic E-state index is -0.505. The van der Waals surface area contributed by atoms with E-state index in [0.717, 1.165) is 24.2 Å². The van der Waals surface area contributed by atoms with Gasteiger partial charge in [-0.25, -0.2) is 0 Å². The van der Waals surface area contributed by atoms with Crippen molar-refractivity contribution >= 4 is 17.7 Å². The Morgan fingerprint density at radius 2 is 1.66 bits per heavy atom. The molecule has 4 rings (SSSR count). The molecule has 2 aliphatic rings. The molecule has 0 aliphatic carbocycles. The molecular weight excluding hydrogens is 406 g/mol. The highest BCUT2D eigenvalue weighted by atomic mass is 16.5. The highest BCUT2D eigenvalue weighted by Gasteiger charge is 2.42. The first-order valence-corrected chi connectivity index (χ1v) is 11.2. The van der Waals surface area contributed by atoms with Crippen LogP contribution in [0.5, 0.6) is 5.75 Å². The lowest BCUT2D eigenvalue weighted by atomic mass is 10.1. The number of ether oxygens (including phenoxy) is 1. The molecule has 7 heteroatoms. The third kappa shape index (κ3) is 4.61. The molecule has 3 amide bonds. The summed E-state index contributed by atoms with van der Waals surface area (Å²) in [4.78, 5) is 42.6. The summed E-state index contributed by atoms with van der Waals surface area (Å²) in [6.07, 6.45) is 2.83. The number of carbonyl (C=O) groups is 3. The molecule has 2 fully saturated rings. The molecule has 1 N–H and O–H groups in total. The largest absolute Gasteiger partial charge is 0.497 e. The Labute approximate surface area is 188 Å². The van der Waals surface area contributed by atoms with Gasteiger partial charge in [0.1, 0.15) is 17.8 Å².